The van der Waals surface area contributed by atoms with Crippen LogP contribution in [0.5, 0.6) is 0 Å². The van der Waals surface area contributed by atoms with Gasteiger partial charge in [0.05, 0.1) is 28.8 Å². The summed E-state index contributed by atoms with van der Waals surface area (Å²) >= 11 is 6.58. The summed E-state index contributed by atoms with van der Waals surface area (Å²) in [7, 11) is 0. The molecule has 1 aliphatic carbocycles. The van der Waals surface area contributed by atoms with Crippen LogP contribution < -0.4 is 16.0 Å². The maximum atomic E-state index is 9.77. The molecule has 1 atom stereocenters. The van der Waals surface area contributed by atoms with Gasteiger partial charge in [-0.3, -0.25) is 0 Å². The fourth-order valence-electron chi connectivity index (χ4n) is 5.63. The first-order valence-electron chi connectivity index (χ1n) is 15.0. The highest BCUT2D eigenvalue weighted by Crippen LogP contribution is 2.32. The Labute approximate surface area is 257 Å². The summed E-state index contributed by atoms with van der Waals surface area (Å²) in [5, 5.41) is 35.2. The van der Waals surface area contributed by atoms with Crippen LogP contribution in [0.15, 0.2) is 30.5 Å². The number of halogens is 1. The molecule has 3 aromatic rings. The van der Waals surface area contributed by atoms with E-state index in [1.54, 1.807) is 6.20 Å². The van der Waals surface area contributed by atoms with Crippen molar-refractivity contribution < 1.29 is 9.47 Å². The largest absolute Gasteiger partial charge is 0.381 e. The standard InChI is InChI=1S/C30H41ClN10O2/c1-20(17-43-29(2,3)28-38-40-41-39-28)35-21-7-9-22(10-8-21)36-27-15-23(24(31)16-33-27)25-5-4-6-26(37-25)34-19-30(18-32)11-13-42-14-12-30/h4-6,15-16,20-22,35H,7-14,17,19H2,1-3H3,(H,33,36)(H,34,37)(H,38,39,40,41)/t20-,21-,22-/m0/s1. The smallest absolute Gasteiger partial charge is 0.205 e. The molecular weight excluding hydrogens is 568 g/mol. The highest BCUT2D eigenvalue weighted by molar-refractivity contribution is 6.33. The van der Waals surface area contributed by atoms with Gasteiger partial charge in [-0.15, -0.1) is 10.2 Å². The number of pyridine rings is 2. The summed E-state index contributed by atoms with van der Waals surface area (Å²) in [4.78, 5) is 9.35. The summed E-state index contributed by atoms with van der Waals surface area (Å²) in [6.07, 6.45) is 7.29. The second kappa shape index (κ2) is 13.9. The number of hydrogen-bond donors (Lipinski definition) is 4. The number of anilines is 2. The molecule has 5 rings (SSSR count). The van der Waals surface area contributed by atoms with E-state index in [1.807, 2.05) is 38.1 Å². The van der Waals surface area contributed by atoms with Gasteiger partial charge in [0.1, 0.15) is 17.2 Å². The molecule has 2 aliphatic rings. The predicted molar refractivity (Wildman–Crippen MR) is 164 cm³/mol. The third-order valence-electron chi connectivity index (χ3n) is 8.35. The normalized spacial score (nSPS) is 21.1. The molecule has 0 aromatic carbocycles. The summed E-state index contributed by atoms with van der Waals surface area (Å²) in [5.74, 6) is 2.04. The number of nitrogens with zero attached hydrogens (tertiary/aromatic N) is 6. The third kappa shape index (κ3) is 8.17. The van der Waals surface area contributed by atoms with Crippen LogP contribution in [-0.2, 0) is 15.1 Å². The van der Waals surface area contributed by atoms with Gasteiger partial charge >= 0.3 is 0 Å². The number of tetrazole rings is 1. The molecular formula is C30H41ClN10O2. The van der Waals surface area contributed by atoms with E-state index in [0.29, 0.717) is 68.0 Å². The number of aromatic amines is 1. The van der Waals surface area contributed by atoms with Crippen LogP contribution in [0, 0.1) is 16.7 Å². The Morgan fingerprint density at radius 1 is 1.19 bits per heavy atom. The molecule has 0 amide bonds. The highest BCUT2D eigenvalue weighted by Gasteiger charge is 2.33. The number of nitriles is 1. The molecule has 43 heavy (non-hydrogen) atoms. The zero-order valence-electron chi connectivity index (χ0n) is 25.1. The lowest BCUT2D eigenvalue weighted by molar-refractivity contribution is -0.0379. The van der Waals surface area contributed by atoms with Crippen molar-refractivity contribution in [1.29, 1.82) is 5.26 Å². The van der Waals surface area contributed by atoms with E-state index < -0.39 is 11.0 Å². The lowest BCUT2D eigenvalue weighted by Gasteiger charge is -2.32. The highest BCUT2D eigenvalue weighted by atomic mass is 35.5. The fourth-order valence-corrected chi connectivity index (χ4v) is 5.83. The van der Waals surface area contributed by atoms with Crippen LogP contribution >= 0.6 is 11.6 Å². The van der Waals surface area contributed by atoms with Gasteiger partial charge in [0, 0.05) is 49.6 Å². The summed E-state index contributed by atoms with van der Waals surface area (Å²) in [6, 6.07) is 11.2. The summed E-state index contributed by atoms with van der Waals surface area (Å²) in [5.41, 5.74) is 0.531. The monoisotopic (exact) mass is 608 g/mol. The maximum absolute atomic E-state index is 9.77. The molecule has 1 aliphatic heterocycles. The van der Waals surface area contributed by atoms with E-state index >= 15 is 0 Å². The van der Waals surface area contributed by atoms with Crippen molar-refractivity contribution >= 4 is 23.2 Å². The Hall–Kier alpha value is -3.37. The topological polar surface area (TPSA) is 159 Å². The van der Waals surface area contributed by atoms with Gasteiger partial charge in [-0.2, -0.15) is 10.5 Å². The van der Waals surface area contributed by atoms with Crippen LogP contribution in [-0.4, -0.2) is 75.1 Å². The van der Waals surface area contributed by atoms with E-state index in [1.165, 1.54) is 0 Å². The van der Waals surface area contributed by atoms with E-state index in [9.17, 15) is 5.26 Å². The Kier molecular flexibility index (Phi) is 10.1. The van der Waals surface area contributed by atoms with Crippen molar-refractivity contribution in [1.82, 2.24) is 35.9 Å². The molecule has 0 unspecified atom stereocenters. The molecule has 4 heterocycles. The van der Waals surface area contributed by atoms with Crippen molar-refractivity contribution in [2.24, 2.45) is 5.41 Å². The Balaban J connectivity index is 1.12. The van der Waals surface area contributed by atoms with Gasteiger partial charge in [-0.05, 0) is 77.5 Å². The average Bonchev–Trinajstić information content (AvgIpc) is 3.58. The van der Waals surface area contributed by atoms with Crippen molar-refractivity contribution in [3.63, 3.8) is 0 Å². The molecule has 12 nitrogen and oxygen atoms in total. The van der Waals surface area contributed by atoms with E-state index in [0.717, 1.165) is 42.8 Å². The lowest BCUT2D eigenvalue weighted by Crippen LogP contribution is -2.44. The lowest BCUT2D eigenvalue weighted by atomic mass is 9.82. The Morgan fingerprint density at radius 2 is 1.95 bits per heavy atom. The van der Waals surface area contributed by atoms with Crippen molar-refractivity contribution in [3.05, 3.63) is 41.3 Å². The average molecular weight is 609 g/mol. The summed E-state index contributed by atoms with van der Waals surface area (Å²) < 4.78 is 11.5. The first-order chi connectivity index (χ1) is 20.7. The zero-order chi connectivity index (χ0) is 30.3. The quantitative estimate of drug-likeness (QED) is 0.226. The Bertz CT molecular complexity index is 1370. The molecule has 3 aromatic heterocycles. The molecule has 230 valence electrons. The minimum absolute atomic E-state index is 0.195. The first kappa shape index (κ1) is 31.1. The fraction of sp³-hybridized carbons (Fsp3) is 0.600. The predicted octanol–water partition coefficient (Wildman–Crippen LogP) is 4.70. The molecule has 0 spiro atoms. The van der Waals surface area contributed by atoms with Crippen LogP contribution in [0.25, 0.3) is 11.3 Å². The van der Waals surface area contributed by atoms with Gasteiger partial charge in [0.15, 0.2) is 0 Å². The number of ether oxygens (including phenoxy) is 2. The SMILES string of the molecule is C[C@@H](COC(C)(C)c1nn[nH]n1)N[C@H]1CC[C@H](Nc2cc(-c3cccc(NCC4(C#N)CCOCC4)n3)c(Cl)cn2)CC1. The number of H-pyrrole nitrogens is 1. The first-order valence-corrected chi connectivity index (χ1v) is 15.4. The minimum Gasteiger partial charge on any atom is -0.381 e. The van der Waals surface area contributed by atoms with Crippen LogP contribution in [0.3, 0.4) is 0 Å². The molecule has 0 bridgehead atoms. The maximum Gasteiger partial charge on any atom is 0.205 e. The third-order valence-corrected chi connectivity index (χ3v) is 8.65. The van der Waals surface area contributed by atoms with Crippen molar-refractivity contribution in [2.75, 3.05) is 37.0 Å². The number of nitrogens with one attached hydrogen (secondary N) is 4. The van der Waals surface area contributed by atoms with E-state index in [2.05, 4.69) is 54.6 Å². The van der Waals surface area contributed by atoms with Crippen LogP contribution in [0.1, 0.15) is 65.1 Å². The minimum atomic E-state index is -0.604. The Morgan fingerprint density at radius 3 is 2.67 bits per heavy atom. The van der Waals surface area contributed by atoms with Crippen molar-refractivity contribution in [3.8, 4) is 17.3 Å². The van der Waals surface area contributed by atoms with E-state index in [4.69, 9.17) is 26.1 Å². The van der Waals surface area contributed by atoms with Gasteiger partial charge in [0.2, 0.25) is 5.82 Å². The second-order valence-electron chi connectivity index (χ2n) is 12.1. The molecule has 1 saturated heterocycles. The van der Waals surface area contributed by atoms with Gasteiger partial charge in [0.25, 0.3) is 0 Å². The summed E-state index contributed by atoms with van der Waals surface area (Å²) in [6.45, 7) is 8.33. The number of hydrogen-bond acceptors (Lipinski definition) is 11. The second-order valence-corrected chi connectivity index (χ2v) is 12.5. The van der Waals surface area contributed by atoms with Gasteiger partial charge in [-0.25, -0.2) is 9.97 Å². The van der Waals surface area contributed by atoms with E-state index in [-0.39, 0.29) is 6.04 Å². The van der Waals surface area contributed by atoms with Gasteiger partial charge in [-0.1, -0.05) is 22.9 Å². The van der Waals surface area contributed by atoms with Crippen molar-refractivity contribution in [2.45, 2.75) is 83.0 Å². The van der Waals surface area contributed by atoms with Crippen LogP contribution in [0.2, 0.25) is 5.02 Å². The number of rotatable bonds is 12. The van der Waals surface area contributed by atoms with Crippen LogP contribution in [0.4, 0.5) is 11.6 Å². The molecule has 4 N–H and O–H groups in total. The zero-order valence-corrected chi connectivity index (χ0v) is 25.8. The molecule has 1 saturated carbocycles. The number of aromatic nitrogens is 6. The molecule has 0 radical (unpaired) electrons. The molecule has 13 heteroatoms. The molecule has 2 fully saturated rings. The van der Waals surface area contributed by atoms with Gasteiger partial charge < -0.3 is 25.4 Å².